The maximum absolute atomic E-state index is 12.0. The van der Waals surface area contributed by atoms with Gasteiger partial charge in [0.1, 0.15) is 5.01 Å². The van der Waals surface area contributed by atoms with Crippen LogP contribution >= 0.6 is 11.3 Å². The van der Waals surface area contributed by atoms with Crippen LogP contribution < -0.4 is 5.32 Å². The van der Waals surface area contributed by atoms with E-state index in [0.29, 0.717) is 11.0 Å². The summed E-state index contributed by atoms with van der Waals surface area (Å²) < 4.78 is 0. The lowest BCUT2D eigenvalue weighted by Crippen LogP contribution is -2.07. The molecule has 0 aliphatic carbocycles. The molecule has 1 aromatic carbocycles. The van der Waals surface area contributed by atoms with Gasteiger partial charge in [-0.1, -0.05) is 49.4 Å². The first-order chi connectivity index (χ1) is 10.6. The molecular weight excluding hydrogens is 294 g/mol. The smallest absolute Gasteiger partial charge is 0.250 e. The molecule has 2 aromatic rings. The van der Waals surface area contributed by atoms with Crippen LogP contribution in [0.3, 0.4) is 0 Å². The average molecular weight is 315 g/mol. The van der Waals surface area contributed by atoms with Crippen LogP contribution in [0.4, 0.5) is 5.13 Å². The minimum atomic E-state index is -0.185. The fourth-order valence-corrected chi connectivity index (χ4v) is 3.19. The molecule has 0 atom stereocenters. The van der Waals surface area contributed by atoms with Crippen LogP contribution in [-0.2, 0) is 4.79 Å². The van der Waals surface area contributed by atoms with Gasteiger partial charge in [-0.05, 0) is 37.0 Å². The lowest BCUT2D eigenvalue weighted by molar-refractivity contribution is -0.111. The van der Waals surface area contributed by atoms with E-state index in [0.717, 1.165) is 29.0 Å². The summed E-state index contributed by atoms with van der Waals surface area (Å²) in [5.41, 5.74) is 2.17. The number of hydrogen-bond acceptors (Lipinski definition) is 4. The molecule has 0 saturated carbocycles. The second-order valence-electron chi connectivity index (χ2n) is 5.14. The highest BCUT2D eigenvalue weighted by molar-refractivity contribution is 7.15. The first-order valence-electron chi connectivity index (χ1n) is 7.52. The molecule has 0 spiro atoms. The van der Waals surface area contributed by atoms with Crippen LogP contribution in [0.2, 0.25) is 0 Å². The van der Waals surface area contributed by atoms with Gasteiger partial charge in [-0.15, -0.1) is 10.2 Å². The normalized spacial score (nSPS) is 11.3. The van der Waals surface area contributed by atoms with E-state index >= 15 is 0 Å². The monoisotopic (exact) mass is 315 g/mol. The van der Waals surface area contributed by atoms with Crippen molar-refractivity contribution in [3.8, 4) is 0 Å². The standard InChI is InChI=1S/C17H21N3OS/c1-4-13(5-2)16-19-20-17(22-16)18-15(21)11-10-14-9-7-6-8-12(14)3/h6-11,13H,4-5H2,1-3H3,(H,18,20,21)/b11-10+. The zero-order valence-electron chi connectivity index (χ0n) is 13.2. The molecule has 116 valence electrons. The van der Waals surface area contributed by atoms with Crippen molar-refractivity contribution < 1.29 is 4.79 Å². The van der Waals surface area contributed by atoms with Gasteiger partial charge in [0.2, 0.25) is 11.0 Å². The fraction of sp³-hybridized carbons (Fsp3) is 0.353. The van der Waals surface area contributed by atoms with Crippen molar-refractivity contribution in [3.05, 3.63) is 46.5 Å². The highest BCUT2D eigenvalue weighted by atomic mass is 32.1. The zero-order chi connectivity index (χ0) is 15.9. The Labute approximate surface area is 135 Å². The number of nitrogens with one attached hydrogen (secondary N) is 1. The number of benzene rings is 1. The summed E-state index contributed by atoms with van der Waals surface area (Å²) in [6.45, 7) is 6.29. The van der Waals surface area contributed by atoms with Gasteiger partial charge in [-0.3, -0.25) is 10.1 Å². The molecular formula is C17H21N3OS. The predicted molar refractivity (Wildman–Crippen MR) is 92.1 cm³/mol. The third-order valence-corrected chi connectivity index (χ3v) is 4.61. The molecule has 2 rings (SSSR count). The first-order valence-corrected chi connectivity index (χ1v) is 8.33. The van der Waals surface area contributed by atoms with Gasteiger partial charge in [-0.2, -0.15) is 0 Å². The Balaban J connectivity index is 1.99. The Morgan fingerprint density at radius 3 is 2.68 bits per heavy atom. The Morgan fingerprint density at radius 2 is 2.00 bits per heavy atom. The van der Waals surface area contributed by atoms with Crippen molar-refractivity contribution in [2.75, 3.05) is 5.32 Å². The van der Waals surface area contributed by atoms with E-state index in [2.05, 4.69) is 29.4 Å². The number of hydrogen-bond donors (Lipinski definition) is 1. The van der Waals surface area contributed by atoms with Gasteiger partial charge in [0.05, 0.1) is 0 Å². The number of carbonyl (C=O) groups excluding carboxylic acids is 1. The Morgan fingerprint density at radius 1 is 1.27 bits per heavy atom. The molecule has 1 aromatic heterocycles. The quantitative estimate of drug-likeness (QED) is 0.804. The molecule has 4 nitrogen and oxygen atoms in total. The van der Waals surface area contributed by atoms with Crippen molar-refractivity contribution in [1.82, 2.24) is 10.2 Å². The number of anilines is 1. The van der Waals surface area contributed by atoms with Gasteiger partial charge in [0, 0.05) is 12.0 Å². The molecule has 5 heteroatoms. The average Bonchev–Trinajstić information content (AvgIpc) is 2.96. The number of rotatable bonds is 6. The third-order valence-electron chi connectivity index (χ3n) is 3.61. The van der Waals surface area contributed by atoms with Gasteiger partial charge >= 0.3 is 0 Å². The summed E-state index contributed by atoms with van der Waals surface area (Å²) in [6, 6.07) is 7.93. The van der Waals surface area contributed by atoms with E-state index in [9.17, 15) is 4.79 Å². The topological polar surface area (TPSA) is 54.9 Å². The van der Waals surface area contributed by atoms with Crippen LogP contribution in [0.1, 0.15) is 48.7 Å². The summed E-state index contributed by atoms with van der Waals surface area (Å²) in [7, 11) is 0. The molecule has 0 unspecified atom stereocenters. The number of aryl methyl sites for hydroxylation is 1. The van der Waals surface area contributed by atoms with Gasteiger partial charge in [0.25, 0.3) is 0 Å². The van der Waals surface area contributed by atoms with Gasteiger partial charge in [-0.25, -0.2) is 0 Å². The molecule has 22 heavy (non-hydrogen) atoms. The first kappa shape index (κ1) is 16.4. The van der Waals surface area contributed by atoms with Crippen molar-refractivity contribution in [3.63, 3.8) is 0 Å². The summed E-state index contributed by atoms with van der Waals surface area (Å²) in [4.78, 5) is 12.0. The second kappa shape index (κ2) is 7.84. The molecule has 1 heterocycles. The molecule has 0 bridgehead atoms. The second-order valence-corrected chi connectivity index (χ2v) is 6.15. The molecule has 0 fully saturated rings. The minimum Gasteiger partial charge on any atom is -0.297 e. The molecule has 0 aliphatic rings. The zero-order valence-corrected chi connectivity index (χ0v) is 14.0. The summed E-state index contributed by atoms with van der Waals surface area (Å²) in [6.07, 6.45) is 5.41. The Kier molecular flexibility index (Phi) is 5.83. The van der Waals surface area contributed by atoms with E-state index in [1.54, 1.807) is 0 Å². The van der Waals surface area contributed by atoms with E-state index in [1.807, 2.05) is 37.3 Å². The lowest BCUT2D eigenvalue weighted by Gasteiger charge is -2.05. The number of aromatic nitrogens is 2. The molecule has 0 saturated heterocycles. The maximum Gasteiger partial charge on any atom is 0.250 e. The van der Waals surface area contributed by atoms with E-state index < -0.39 is 0 Å². The summed E-state index contributed by atoms with van der Waals surface area (Å²) in [5.74, 6) is 0.237. The fourth-order valence-electron chi connectivity index (χ4n) is 2.17. The predicted octanol–water partition coefficient (Wildman–Crippen LogP) is 4.40. The van der Waals surface area contributed by atoms with Crippen LogP contribution in [0, 0.1) is 6.92 Å². The van der Waals surface area contributed by atoms with E-state index in [4.69, 9.17) is 0 Å². The molecule has 1 N–H and O–H groups in total. The highest BCUT2D eigenvalue weighted by Crippen LogP contribution is 2.27. The molecule has 0 aliphatic heterocycles. The molecule has 0 radical (unpaired) electrons. The summed E-state index contributed by atoms with van der Waals surface area (Å²) >= 11 is 1.46. The lowest BCUT2D eigenvalue weighted by atomic mass is 10.1. The highest BCUT2D eigenvalue weighted by Gasteiger charge is 2.13. The minimum absolute atomic E-state index is 0.185. The number of amides is 1. The SMILES string of the molecule is CCC(CC)c1nnc(NC(=O)/C=C/c2ccccc2C)s1. The van der Waals surface area contributed by atoms with Crippen LogP contribution in [0.5, 0.6) is 0 Å². The van der Waals surface area contributed by atoms with Crippen LogP contribution in [0.15, 0.2) is 30.3 Å². The van der Waals surface area contributed by atoms with E-state index in [1.165, 1.54) is 17.4 Å². The maximum atomic E-state index is 12.0. The molecule has 1 amide bonds. The van der Waals surface area contributed by atoms with Gasteiger partial charge < -0.3 is 0 Å². The Bertz CT molecular complexity index is 659. The van der Waals surface area contributed by atoms with Crippen molar-refractivity contribution >= 4 is 28.5 Å². The number of carbonyl (C=O) groups is 1. The third kappa shape index (κ3) is 4.24. The Hall–Kier alpha value is -2.01. The number of nitrogens with zero attached hydrogens (tertiary/aromatic N) is 2. The van der Waals surface area contributed by atoms with Gasteiger partial charge in [0.15, 0.2) is 0 Å². The largest absolute Gasteiger partial charge is 0.297 e. The summed E-state index contributed by atoms with van der Waals surface area (Å²) in [5, 5.41) is 12.5. The van der Waals surface area contributed by atoms with Crippen molar-refractivity contribution in [2.45, 2.75) is 39.5 Å². The van der Waals surface area contributed by atoms with Crippen LogP contribution in [-0.4, -0.2) is 16.1 Å². The van der Waals surface area contributed by atoms with Crippen molar-refractivity contribution in [1.29, 1.82) is 0 Å². The van der Waals surface area contributed by atoms with Crippen LogP contribution in [0.25, 0.3) is 6.08 Å². The van der Waals surface area contributed by atoms with E-state index in [-0.39, 0.29) is 5.91 Å². The van der Waals surface area contributed by atoms with Crippen molar-refractivity contribution in [2.24, 2.45) is 0 Å².